The van der Waals surface area contributed by atoms with Crippen LogP contribution in [0.4, 0.5) is 0 Å². The first kappa shape index (κ1) is 59.5. The Morgan fingerprint density at radius 2 is 1.10 bits per heavy atom. The Labute approximate surface area is 448 Å². The molecule has 0 unspecified atom stereocenters. The number of aliphatic hydroxyl groups is 12. The number of esters is 2. The van der Waals surface area contributed by atoms with E-state index in [2.05, 4.69) is 54.5 Å². The molecule has 9 aliphatic rings. The van der Waals surface area contributed by atoms with Gasteiger partial charge in [0.1, 0.15) is 85.5 Å². The molecule has 0 radical (unpaired) electrons. The SMILES string of the molecule is COC(=O)[C@H]1O[C@@H](O[C@H]2CC[C@]3(C)[C@H]4CC=C5[C@@H]6CC(C)(C)CC[C@]6(C(=O)O[C@@H]6O[C@H](CO)[C@@H](O)[C@H](O)[C@H]6O)CC[C@@]5(C)[C@]4(C)CC[C@H]3C2(C)C)[C@H](O[C@@H]2O[C@H](CO)[C@H](O)[C@H](O)[C@H]2O)[C@@H](O)[C@@H]1O[C@@H]1O[C@@H](CO)[C@H](O)[C@H]1O. The summed E-state index contributed by atoms with van der Waals surface area (Å²) in [7, 11) is 1.08. The van der Waals surface area contributed by atoms with Crippen molar-refractivity contribution in [2.75, 3.05) is 26.9 Å². The summed E-state index contributed by atoms with van der Waals surface area (Å²) in [5.74, 6) is -1.55. The molecule has 77 heavy (non-hydrogen) atoms. The lowest BCUT2D eigenvalue weighted by atomic mass is 9.33. The van der Waals surface area contributed by atoms with Crippen molar-refractivity contribution in [3.8, 4) is 0 Å². The Morgan fingerprint density at radius 1 is 0.571 bits per heavy atom. The van der Waals surface area contributed by atoms with Crippen LogP contribution in [0.2, 0.25) is 0 Å². The highest BCUT2D eigenvalue weighted by Gasteiger charge is 2.70. The van der Waals surface area contributed by atoms with Crippen molar-refractivity contribution in [2.24, 2.45) is 50.2 Å². The van der Waals surface area contributed by atoms with Gasteiger partial charge in [-0.1, -0.05) is 60.1 Å². The molecular formula is C54H86O23. The molecule has 23 nitrogen and oxygen atoms in total. The Hall–Kier alpha value is -2.08. The van der Waals surface area contributed by atoms with E-state index in [9.17, 15) is 70.9 Å². The van der Waals surface area contributed by atoms with E-state index in [0.717, 1.165) is 39.2 Å². The van der Waals surface area contributed by atoms with Crippen LogP contribution < -0.4 is 0 Å². The Balaban J connectivity index is 0.990. The van der Waals surface area contributed by atoms with E-state index in [4.69, 9.17) is 42.6 Å². The maximum atomic E-state index is 14.8. The van der Waals surface area contributed by atoms with Crippen LogP contribution in [0.25, 0.3) is 0 Å². The van der Waals surface area contributed by atoms with Crippen molar-refractivity contribution < 1.29 is 113 Å². The van der Waals surface area contributed by atoms with Crippen molar-refractivity contribution in [3.63, 3.8) is 0 Å². The first-order chi connectivity index (χ1) is 36.1. The first-order valence-corrected chi connectivity index (χ1v) is 27.6. The third-order valence-electron chi connectivity index (χ3n) is 21.2. The van der Waals surface area contributed by atoms with Gasteiger partial charge >= 0.3 is 11.9 Å². The lowest BCUT2D eigenvalue weighted by molar-refractivity contribution is -0.383. The summed E-state index contributed by atoms with van der Waals surface area (Å²) in [6, 6.07) is 0. The number of rotatable bonds is 12. The molecule has 4 saturated heterocycles. The maximum Gasteiger partial charge on any atom is 0.337 e. The quantitative estimate of drug-likeness (QED) is 0.0619. The van der Waals surface area contributed by atoms with E-state index < -0.39 is 165 Å². The van der Waals surface area contributed by atoms with E-state index >= 15 is 0 Å². The molecule has 23 heteroatoms. The van der Waals surface area contributed by atoms with Crippen molar-refractivity contribution in [1.82, 2.24) is 0 Å². The summed E-state index contributed by atoms with van der Waals surface area (Å²) in [6.07, 6.45) is -23.3. The van der Waals surface area contributed by atoms with Gasteiger partial charge in [-0.25, -0.2) is 4.79 Å². The summed E-state index contributed by atoms with van der Waals surface area (Å²) < 4.78 is 53.5. The zero-order valence-electron chi connectivity index (χ0n) is 45.4. The number of allylic oxidation sites excluding steroid dienone is 2. The largest absolute Gasteiger partial charge is 0.467 e. The smallest absolute Gasteiger partial charge is 0.337 e. The number of carbonyl (C=O) groups is 2. The Bertz CT molecular complexity index is 2160. The standard InChI is InChI=1S/C54H86O23/c1-49(2)15-17-54(48(68)77-46-38(65)35(62)32(59)26(21-56)72-46)18-16-52(6)23(24(54)19-49)9-10-29-51(5)13-12-30(50(3,4)28(51)11-14-53(29,52)7)73-47-41(75-45-37(64)34(61)31(58)25(20-55)70-45)39(66)40(42(76-47)43(67)69-8)74-44-36(63)33(60)27(22-57)71-44/h9,24-42,44-47,55-66H,10-22H2,1-8H3/t24-,25+,26+,27-,28-,29+,30-,31-,32+,33-,34-,35-,36+,37+,38+,39-,40-,41+,42-,44-,45-,46-,47+,51-,52+,53+,54-/m0/s1. The first-order valence-electron chi connectivity index (χ1n) is 27.6. The van der Waals surface area contributed by atoms with E-state index in [-0.39, 0.29) is 39.4 Å². The van der Waals surface area contributed by atoms with Gasteiger partial charge in [-0.2, -0.15) is 0 Å². The number of methoxy groups -OCH3 is 1. The molecule has 8 fully saturated rings. The molecule has 440 valence electrons. The van der Waals surface area contributed by atoms with Crippen molar-refractivity contribution in [3.05, 3.63) is 11.6 Å². The van der Waals surface area contributed by atoms with Gasteiger partial charge in [-0.15, -0.1) is 0 Å². The molecule has 0 aromatic rings. The normalized spacial score (nSPS) is 52.2. The molecule has 0 aromatic carbocycles. The number of hydrogen-bond acceptors (Lipinski definition) is 23. The summed E-state index contributed by atoms with van der Waals surface area (Å²) in [4.78, 5) is 28.4. The van der Waals surface area contributed by atoms with Gasteiger partial charge in [0.25, 0.3) is 0 Å². The zero-order valence-corrected chi connectivity index (χ0v) is 45.4. The average molecular weight is 1100 g/mol. The number of aliphatic hydroxyl groups excluding tert-OH is 12. The van der Waals surface area contributed by atoms with E-state index in [1.54, 1.807) is 0 Å². The second-order valence-corrected chi connectivity index (χ2v) is 26.0. The minimum Gasteiger partial charge on any atom is -0.467 e. The minimum atomic E-state index is -1.94. The van der Waals surface area contributed by atoms with Gasteiger partial charge in [0.05, 0.1) is 38.4 Å². The fourth-order valence-corrected chi connectivity index (χ4v) is 16.4. The number of fused-ring (bicyclic) bond motifs is 7. The van der Waals surface area contributed by atoms with Crippen LogP contribution in [0.3, 0.4) is 0 Å². The number of hydrogen-bond donors (Lipinski definition) is 12. The van der Waals surface area contributed by atoms with Crippen molar-refractivity contribution >= 4 is 11.9 Å². The number of carbonyl (C=O) groups excluding carboxylic acids is 2. The van der Waals surface area contributed by atoms with Crippen LogP contribution >= 0.6 is 0 Å². The molecule has 5 aliphatic carbocycles. The molecule has 4 saturated carbocycles. The van der Waals surface area contributed by atoms with Gasteiger partial charge in [0.15, 0.2) is 25.0 Å². The Morgan fingerprint density at radius 3 is 1.69 bits per heavy atom. The molecule has 0 spiro atoms. The second-order valence-electron chi connectivity index (χ2n) is 26.0. The minimum absolute atomic E-state index is 0.0351. The second kappa shape index (κ2) is 21.6. The van der Waals surface area contributed by atoms with Gasteiger partial charge < -0.3 is 104 Å². The third kappa shape index (κ3) is 9.66. The van der Waals surface area contributed by atoms with E-state index in [1.165, 1.54) is 5.57 Å². The van der Waals surface area contributed by atoms with Crippen LogP contribution in [-0.2, 0) is 52.2 Å². The monoisotopic (exact) mass is 1100 g/mol. The van der Waals surface area contributed by atoms with Crippen LogP contribution in [0, 0.1) is 50.2 Å². The van der Waals surface area contributed by atoms with Crippen LogP contribution in [0.1, 0.15) is 113 Å². The maximum absolute atomic E-state index is 14.8. The molecule has 0 bridgehead atoms. The molecule has 4 aliphatic heterocycles. The fourth-order valence-electron chi connectivity index (χ4n) is 16.4. The molecule has 9 rings (SSSR count). The average Bonchev–Trinajstić information content (AvgIpc) is 3.82. The van der Waals surface area contributed by atoms with Crippen molar-refractivity contribution in [1.29, 1.82) is 0 Å². The highest BCUT2D eigenvalue weighted by atomic mass is 16.8. The molecule has 4 heterocycles. The van der Waals surface area contributed by atoms with E-state index in [1.807, 2.05) is 0 Å². The van der Waals surface area contributed by atoms with E-state index in [0.29, 0.717) is 32.1 Å². The van der Waals surface area contributed by atoms with Gasteiger partial charge in [-0.05, 0) is 109 Å². The predicted molar refractivity (Wildman–Crippen MR) is 262 cm³/mol. The predicted octanol–water partition coefficient (Wildman–Crippen LogP) is -1.22. The summed E-state index contributed by atoms with van der Waals surface area (Å²) in [5.41, 5.74) is -1.30. The fraction of sp³-hybridized carbons (Fsp3) is 0.926. The molecule has 12 N–H and O–H groups in total. The van der Waals surface area contributed by atoms with Crippen molar-refractivity contribution in [2.45, 2.75) is 235 Å². The molecule has 0 amide bonds. The molecular weight excluding hydrogens is 1020 g/mol. The Kier molecular flexibility index (Phi) is 16.7. The summed E-state index contributed by atoms with van der Waals surface area (Å²) in [5, 5.41) is 128. The topological polar surface area (TPSA) is 360 Å². The molecule has 27 atom stereocenters. The van der Waals surface area contributed by atoms with Gasteiger partial charge in [0, 0.05) is 0 Å². The van der Waals surface area contributed by atoms with Gasteiger partial charge in [0.2, 0.25) is 6.29 Å². The van der Waals surface area contributed by atoms with Crippen LogP contribution in [0.5, 0.6) is 0 Å². The van der Waals surface area contributed by atoms with Crippen LogP contribution in [0.15, 0.2) is 11.6 Å². The zero-order chi connectivity index (χ0) is 56.3. The molecule has 0 aromatic heterocycles. The highest BCUT2D eigenvalue weighted by Crippen LogP contribution is 2.76. The lowest BCUT2D eigenvalue weighted by Gasteiger charge is -2.71. The van der Waals surface area contributed by atoms with Crippen LogP contribution in [-0.4, -0.2) is 223 Å². The number of ether oxygens (including phenoxy) is 9. The van der Waals surface area contributed by atoms with Gasteiger partial charge in [-0.3, -0.25) is 4.79 Å². The third-order valence-corrected chi connectivity index (χ3v) is 21.2. The highest BCUT2D eigenvalue weighted by molar-refractivity contribution is 5.79. The lowest BCUT2D eigenvalue weighted by Crippen LogP contribution is -2.68. The summed E-state index contributed by atoms with van der Waals surface area (Å²) >= 11 is 0. The summed E-state index contributed by atoms with van der Waals surface area (Å²) in [6.45, 7) is 13.6.